The van der Waals surface area contributed by atoms with Crippen molar-refractivity contribution in [3.8, 4) is 0 Å². The van der Waals surface area contributed by atoms with E-state index >= 15 is 0 Å². The maximum Gasteiger partial charge on any atom is 0.416 e. The van der Waals surface area contributed by atoms with E-state index in [0.29, 0.717) is 12.2 Å². The van der Waals surface area contributed by atoms with Gasteiger partial charge in [-0.15, -0.1) is 11.3 Å². The molecule has 1 aromatic heterocycles. The molecular formula is C14H14F3N3OS. The summed E-state index contributed by atoms with van der Waals surface area (Å²) in [4.78, 5) is 16.9. The molecule has 118 valence electrons. The van der Waals surface area contributed by atoms with Gasteiger partial charge in [-0.1, -0.05) is 0 Å². The second kappa shape index (κ2) is 6.35. The van der Waals surface area contributed by atoms with Crippen LogP contribution in [0.3, 0.4) is 0 Å². The minimum absolute atomic E-state index is 0.294. The number of anilines is 1. The number of urea groups is 1. The number of thiazole rings is 1. The first-order valence-electron chi connectivity index (χ1n) is 6.41. The molecule has 4 nitrogen and oxygen atoms in total. The molecule has 2 amide bonds. The lowest BCUT2D eigenvalue weighted by Gasteiger charge is -2.09. The third kappa shape index (κ3) is 4.20. The summed E-state index contributed by atoms with van der Waals surface area (Å²) in [6.07, 6.45) is -4.39. The van der Waals surface area contributed by atoms with Crippen molar-refractivity contribution in [2.45, 2.75) is 26.6 Å². The standard InChI is InChI=1S/C14H14F3N3OS/c1-8-12(22-9(2)19-8)7-18-13(21)20-11-5-3-10(4-6-11)14(15,16)17/h3-6H,7H2,1-2H3,(H2,18,20,21). The van der Waals surface area contributed by atoms with Crippen molar-refractivity contribution in [3.63, 3.8) is 0 Å². The van der Waals surface area contributed by atoms with E-state index < -0.39 is 17.8 Å². The molecule has 0 aliphatic rings. The van der Waals surface area contributed by atoms with Crippen molar-refractivity contribution in [3.05, 3.63) is 45.4 Å². The summed E-state index contributed by atoms with van der Waals surface area (Å²) in [5.74, 6) is 0. The van der Waals surface area contributed by atoms with Crippen LogP contribution in [0.25, 0.3) is 0 Å². The number of hydrogen-bond acceptors (Lipinski definition) is 3. The van der Waals surface area contributed by atoms with Crippen molar-refractivity contribution in [1.82, 2.24) is 10.3 Å². The maximum atomic E-state index is 12.4. The minimum atomic E-state index is -4.39. The van der Waals surface area contributed by atoms with Crippen LogP contribution in [-0.2, 0) is 12.7 Å². The Morgan fingerprint density at radius 1 is 1.23 bits per heavy atom. The topological polar surface area (TPSA) is 54.0 Å². The van der Waals surface area contributed by atoms with Gasteiger partial charge in [0.15, 0.2) is 0 Å². The Kier molecular flexibility index (Phi) is 4.70. The number of carbonyl (C=O) groups excluding carboxylic acids is 1. The van der Waals surface area contributed by atoms with Crippen LogP contribution in [0.15, 0.2) is 24.3 Å². The number of nitrogens with zero attached hydrogens (tertiary/aromatic N) is 1. The summed E-state index contributed by atoms with van der Waals surface area (Å²) in [7, 11) is 0. The van der Waals surface area contributed by atoms with Crippen LogP contribution in [0, 0.1) is 13.8 Å². The molecule has 0 spiro atoms. The zero-order valence-electron chi connectivity index (χ0n) is 11.9. The van der Waals surface area contributed by atoms with Crippen LogP contribution in [-0.4, -0.2) is 11.0 Å². The van der Waals surface area contributed by atoms with Crippen LogP contribution in [0.2, 0.25) is 0 Å². The van der Waals surface area contributed by atoms with E-state index in [1.54, 1.807) is 0 Å². The fourth-order valence-corrected chi connectivity index (χ4v) is 2.69. The first-order valence-corrected chi connectivity index (χ1v) is 7.22. The van der Waals surface area contributed by atoms with Crippen LogP contribution >= 0.6 is 11.3 Å². The van der Waals surface area contributed by atoms with Gasteiger partial charge in [0, 0.05) is 10.6 Å². The number of amides is 2. The third-order valence-corrected chi connectivity index (χ3v) is 3.95. The minimum Gasteiger partial charge on any atom is -0.333 e. The summed E-state index contributed by atoms with van der Waals surface area (Å²) in [5.41, 5.74) is 0.397. The zero-order valence-corrected chi connectivity index (χ0v) is 12.7. The molecule has 8 heteroatoms. The van der Waals surface area contributed by atoms with Gasteiger partial charge in [0.1, 0.15) is 0 Å². The van der Waals surface area contributed by atoms with Crippen molar-refractivity contribution >= 4 is 23.1 Å². The molecule has 1 aromatic carbocycles. The normalized spacial score (nSPS) is 11.3. The van der Waals surface area contributed by atoms with Gasteiger partial charge in [-0.3, -0.25) is 0 Å². The van der Waals surface area contributed by atoms with E-state index in [4.69, 9.17) is 0 Å². The van der Waals surface area contributed by atoms with E-state index in [1.165, 1.54) is 23.5 Å². The first kappa shape index (κ1) is 16.3. The Morgan fingerprint density at radius 3 is 2.36 bits per heavy atom. The highest BCUT2D eigenvalue weighted by molar-refractivity contribution is 7.11. The molecule has 2 aromatic rings. The highest BCUT2D eigenvalue weighted by Gasteiger charge is 2.29. The molecule has 0 atom stereocenters. The zero-order chi connectivity index (χ0) is 16.3. The summed E-state index contributed by atoms with van der Waals surface area (Å²) >= 11 is 1.49. The van der Waals surface area contributed by atoms with Gasteiger partial charge in [0.2, 0.25) is 0 Å². The smallest absolute Gasteiger partial charge is 0.333 e. The molecule has 1 heterocycles. The first-order chi connectivity index (χ1) is 10.3. The van der Waals surface area contributed by atoms with Gasteiger partial charge >= 0.3 is 12.2 Å². The number of aromatic nitrogens is 1. The van der Waals surface area contributed by atoms with E-state index in [9.17, 15) is 18.0 Å². The Balaban J connectivity index is 1.91. The highest BCUT2D eigenvalue weighted by atomic mass is 32.1. The molecule has 0 radical (unpaired) electrons. The van der Waals surface area contributed by atoms with Crippen LogP contribution < -0.4 is 10.6 Å². The van der Waals surface area contributed by atoms with Crippen LogP contribution in [0.5, 0.6) is 0 Å². The van der Waals surface area contributed by atoms with E-state index in [2.05, 4.69) is 15.6 Å². The van der Waals surface area contributed by atoms with E-state index in [0.717, 1.165) is 27.7 Å². The van der Waals surface area contributed by atoms with Crippen molar-refractivity contribution in [1.29, 1.82) is 0 Å². The molecule has 0 saturated heterocycles. The molecule has 0 bridgehead atoms. The largest absolute Gasteiger partial charge is 0.416 e. The van der Waals surface area contributed by atoms with Gasteiger partial charge in [-0.05, 0) is 38.1 Å². The van der Waals surface area contributed by atoms with Crippen molar-refractivity contribution in [2.24, 2.45) is 0 Å². The molecule has 0 unspecified atom stereocenters. The Labute approximate surface area is 129 Å². The van der Waals surface area contributed by atoms with Crippen LogP contribution in [0.1, 0.15) is 21.1 Å². The number of rotatable bonds is 3. The number of carbonyl (C=O) groups is 1. The van der Waals surface area contributed by atoms with E-state index in [-0.39, 0.29) is 0 Å². The second-order valence-corrected chi connectivity index (χ2v) is 5.91. The lowest BCUT2D eigenvalue weighted by atomic mass is 10.2. The number of halogens is 3. The molecule has 0 fully saturated rings. The molecule has 0 aliphatic carbocycles. The van der Waals surface area contributed by atoms with Gasteiger partial charge in [0.05, 0.1) is 22.8 Å². The molecule has 2 rings (SSSR count). The van der Waals surface area contributed by atoms with Crippen molar-refractivity contribution < 1.29 is 18.0 Å². The van der Waals surface area contributed by atoms with Gasteiger partial charge < -0.3 is 10.6 Å². The van der Waals surface area contributed by atoms with E-state index in [1.807, 2.05) is 13.8 Å². The van der Waals surface area contributed by atoms with Gasteiger partial charge in [0.25, 0.3) is 0 Å². The predicted octanol–water partition coefficient (Wildman–Crippen LogP) is 4.10. The lowest BCUT2D eigenvalue weighted by molar-refractivity contribution is -0.137. The number of nitrogens with one attached hydrogen (secondary N) is 2. The van der Waals surface area contributed by atoms with Gasteiger partial charge in [-0.2, -0.15) is 13.2 Å². The fraction of sp³-hybridized carbons (Fsp3) is 0.286. The summed E-state index contributed by atoms with van der Waals surface area (Å²) in [6.45, 7) is 4.06. The second-order valence-electron chi connectivity index (χ2n) is 4.62. The predicted molar refractivity (Wildman–Crippen MR) is 78.9 cm³/mol. The average Bonchev–Trinajstić information content (AvgIpc) is 2.74. The molecule has 2 N–H and O–H groups in total. The number of hydrogen-bond donors (Lipinski definition) is 2. The summed E-state index contributed by atoms with van der Waals surface area (Å²) < 4.78 is 37.3. The number of alkyl halides is 3. The van der Waals surface area contributed by atoms with Gasteiger partial charge in [-0.25, -0.2) is 9.78 Å². The highest BCUT2D eigenvalue weighted by Crippen LogP contribution is 2.29. The number of aryl methyl sites for hydroxylation is 2. The average molecular weight is 329 g/mol. The molecular weight excluding hydrogens is 315 g/mol. The Bertz CT molecular complexity index is 665. The fourth-order valence-electron chi connectivity index (χ4n) is 1.82. The lowest BCUT2D eigenvalue weighted by Crippen LogP contribution is -2.28. The SMILES string of the molecule is Cc1nc(C)c(CNC(=O)Nc2ccc(C(F)(F)F)cc2)s1. The van der Waals surface area contributed by atoms with Crippen LogP contribution in [0.4, 0.5) is 23.7 Å². The Hall–Kier alpha value is -2.09. The van der Waals surface area contributed by atoms with Crippen molar-refractivity contribution in [2.75, 3.05) is 5.32 Å². The summed E-state index contributed by atoms with van der Waals surface area (Å²) in [5, 5.41) is 6.04. The maximum absolute atomic E-state index is 12.4. The quantitative estimate of drug-likeness (QED) is 0.891. The Morgan fingerprint density at radius 2 is 1.86 bits per heavy atom. The third-order valence-electron chi connectivity index (χ3n) is 2.88. The molecule has 22 heavy (non-hydrogen) atoms. The molecule has 0 aliphatic heterocycles. The molecule has 0 saturated carbocycles. The monoisotopic (exact) mass is 329 g/mol. The number of benzene rings is 1. The summed E-state index contributed by atoms with van der Waals surface area (Å²) in [6, 6.07) is 3.79.